The van der Waals surface area contributed by atoms with Crippen molar-refractivity contribution in [2.75, 3.05) is 19.7 Å². The average Bonchev–Trinajstić information content (AvgIpc) is 2.84. The number of nitrogens with zero attached hydrogens (tertiary/aromatic N) is 2. The van der Waals surface area contributed by atoms with E-state index in [2.05, 4.69) is 25.9 Å². The van der Waals surface area contributed by atoms with E-state index >= 15 is 0 Å². The quantitative estimate of drug-likeness (QED) is 0.0462. The van der Waals surface area contributed by atoms with Crippen LogP contribution in [-0.2, 0) is 19.2 Å². The summed E-state index contributed by atoms with van der Waals surface area (Å²) in [5.41, 5.74) is 27.0. The molecule has 0 aliphatic carbocycles. The summed E-state index contributed by atoms with van der Waals surface area (Å²) in [5, 5.41) is 26.2. The van der Waals surface area contributed by atoms with Gasteiger partial charge >= 0.3 is 5.97 Å². The van der Waals surface area contributed by atoms with Crippen molar-refractivity contribution in [1.82, 2.24) is 16.0 Å². The number of carbonyl (C=O) groups is 4. The Labute approximate surface area is 215 Å². The lowest BCUT2D eigenvalue weighted by molar-refractivity contribution is -0.142. The summed E-state index contributed by atoms with van der Waals surface area (Å²) in [6, 6.07) is -4.78. The highest BCUT2D eigenvalue weighted by molar-refractivity contribution is 5.94. The molecule has 0 aliphatic rings. The normalized spacial score (nSPS) is 14.7. The molecule has 0 aromatic rings. The van der Waals surface area contributed by atoms with E-state index in [-0.39, 0.29) is 50.2 Å². The third-order valence-corrected chi connectivity index (χ3v) is 5.51. The summed E-state index contributed by atoms with van der Waals surface area (Å²) in [5.74, 6) is -4.01. The number of carboxylic acid groups (broad SMARTS) is 1. The highest BCUT2D eigenvalue weighted by atomic mass is 16.4. The van der Waals surface area contributed by atoms with Crippen LogP contribution in [0.5, 0.6) is 0 Å². The van der Waals surface area contributed by atoms with Gasteiger partial charge in [0.1, 0.15) is 18.1 Å². The summed E-state index contributed by atoms with van der Waals surface area (Å²) < 4.78 is 0. The molecule has 15 N–H and O–H groups in total. The van der Waals surface area contributed by atoms with Crippen LogP contribution < -0.4 is 44.6 Å². The van der Waals surface area contributed by atoms with Crippen LogP contribution in [0.2, 0.25) is 0 Å². The van der Waals surface area contributed by atoms with Crippen LogP contribution in [0.3, 0.4) is 0 Å². The third kappa shape index (κ3) is 13.9. The second-order valence-corrected chi connectivity index (χ2v) is 8.51. The molecule has 0 aromatic heterocycles. The van der Waals surface area contributed by atoms with Gasteiger partial charge in [0, 0.05) is 13.1 Å². The lowest BCUT2D eigenvalue weighted by Gasteiger charge is -2.25. The highest BCUT2D eigenvalue weighted by Crippen LogP contribution is 2.07. The Bertz CT molecular complexity index is 814. The molecule has 5 atom stereocenters. The van der Waals surface area contributed by atoms with E-state index in [0.29, 0.717) is 12.8 Å². The topological polar surface area (TPSA) is 300 Å². The van der Waals surface area contributed by atoms with Gasteiger partial charge in [-0.3, -0.25) is 24.4 Å². The lowest BCUT2D eigenvalue weighted by atomic mass is 9.98. The second kappa shape index (κ2) is 17.7. The fourth-order valence-corrected chi connectivity index (χ4v) is 3.05. The molecule has 0 saturated heterocycles. The molecular weight excluding hydrogens is 488 g/mol. The average molecular weight is 531 g/mol. The monoisotopic (exact) mass is 530 g/mol. The second-order valence-electron chi connectivity index (χ2n) is 8.51. The fraction of sp³-hybridized carbons (Fsp3) is 0.714. The maximum absolute atomic E-state index is 12.9. The molecular formula is C21H42N10O6. The van der Waals surface area contributed by atoms with Gasteiger partial charge in [-0.25, -0.2) is 4.79 Å². The minimum absolute atomic E-state index is 0.000916. The van der Waals surface area contributed by atoms with Gasteiger partial charge < -0.3 is 54.8 Å². The van der Waals surface area contributed by atoms with Crippen LogP contribution in [0, 0.1) is 5.92 Å². The molecule has 5 unspecified atom stereocenters. The Balaban J connectivity index is 5.36. The molecule has 16 nitrogen and oxygen atoms in total. The molecule has 0 fully saturated rings. The predicted molar refractivity (Wildman–Crippen MR) is 138 cm³/mol. The molecule has 0 radical (unpaired) electrons. The summed E-state index contributed by atoms with van der Waals surface area (Å²) in [4.78, 5) is 57.2. The molecule has 0 aliphatic heterocycles. The first-order chi connectivity index (χ1) is 17.3. The minimum Gasteiger partial charge on any atom is -0.480 e. The SMILES string of the molecule is CCC(C)C(N)C(=O)NC(CCCN=C(N)N)C(=O)NC(CO)C(=O)NC(CCCN=C(N)N)C(=O)O. The number of hydrogen-bond acceptors (Lipinski definition) is 8. The van der Waals surface area contributed by atoms with E-state index in [1.807, 2.05) is 6.92 Å². The van der Waals surface area contributed by atoms with Crippen LogP contribution in [0.25, 0.3) is 0 Å². The van der Waals surface area contributed by atoms with Gasteiger partial charge in [-0.1, -0.05) is 20.3 Å². The molecule has 0 saturated carbocycles. The third-order valence-electron chi connectivity index (χ3n) is 5.51. The Hall–Kier alpha value is -3.66. The smallest absolute Gasteiger partial charge is 0.326 e. The Morgan fingerprint density at radius 3 is 1.65 bits per heavy atom. The van der Waals surface area contributed by atoms with Crippen molar-refractivity contribution in [2.45, 2.75) is 70.1 Å². The summed E-state index contributed by atoms with van der Waals surface area (Å²) >= 11 is 0. The van der Waals surface area contributed by atoms with Gasteiger partial charge in [0.2, 0.25) is 17.7 Å². The molecule has 0 rings (SSSR count). The number of amides is 3. The Kier molecular flexibility index (Phi) is 16.0. The van der Waals surface area contributed by atoms with Crippen molar-refractivity contribution in [2.24, 2.45) is 44.6 Å². The molecule has 0 spiro atoms. The van der Waals surface area contributed by atoms with E-state index < -0.39 is 54.5 Å². The van der Waals surface area contributed by atoms with Gasteiger partial charge in [0.05, 0.1) is 12.6 Å². The van der Waals surface area contributed by atoms with Gasteiger partial charge in [-0.2, -0.15) is 0 Å². The van der Waals surface area contributed by atoms with Crippen molar-refractivity contribution < 1.29 is 29.4 Å². The van der Waals surface area contributed by atoms with Gasteiger partial charge in [-0.15, -0.1) is 0 Å². The molecule has 37 heavy (non-hydrogen) atoms. The van der Waals surface area contributed by atoms with Crippen LogP contribution in [0.4, 0.5) is 0 Å². The van der Waals surface area contributed by atoms with Crippen LogP contribution in [0.1, 0.15) is 46.0 Å². The molecule has 16 heteroatoms. The number of aliphatic carboxylic acids is 1. The molecule has 212 valence electrons. The zero-order valence-corrected chi connectivity index (χ0v) is 21.4. The van der Waals surface area contributed by atoms with Gasteiger partial charge in [0.15, 0.2) is 11.9 Å². The number of aliphatic imine (C=N–C) groups is 2. The molecule has 3 amide bonds. The van der Waals surface area contributed by atoms with E-state index in [9.17, 15) is 29.4 Å². The first kappa shape index (κ1) is 33.3. The largest absolute Gasteiger partial charge is 0.480 e. The first-order valence-electron chi connectivity index (χ1n) is 11.9. The predicted octanol–water partition coefficient (Wildman–Crippen LogP) is -4.00. The van der Waals surface area contributed by atoms with Crippen molar-refractivity contribution in [3.05, 3.63) is 0 Å². The number of aliphatic hydroxyl groups excluding tert-OH is 1. The zero-order valence-electron chi connectivity index (χ0n) is 21.4. The molecule has 0 bridgehead atoms. The Morgan fingerprint density at radius 1 is 0.784 bits per heavy atom. The standard InChI is InChI=1S/C21H42N10O6/c1-3-11(2)15(22)18(35)29-12(6-4-8-27-20(23)24)16(33)31-14(10-32)17(34)30-13(19(36)37)7-5-9-28-21(25)26/h11-15,32H,3-10,22H2,1-2H3,(H,29,35)(H,30,34)(H,31,33)(H,36,37)(H4,23,24,27)(H4,25,26,28). The van der Waals surface area contributed by atoms with E-state index in [1.54, 1.807) is 6.92 Å². The van der Waals surface area contributed by atoms with E-state index in [1.165, 1.54) is 0 Å². The summed E-state index contributed by atoms with van der Waals surface area (Å²) in [6.45, 7) is 3.18. The summed E-state index contributed by atoms with van der Waals surface area (Å²) in [6.07, 6.45) is 1.30. The van der Waals surface area contributed by atoms with E-state index in [4.69, 9.17) is 28.7 Å². The first-order valence-corrected chi connectivity index (χ1v) is 11.9. The number of nitrogens with two attached hydrogens (primary N) is 5. The molecule has 0 aromatic carbocycles. The van der Waals surface area contributed by atoms with E-state index in [0.717, 1.165) is 0 Å². The van der Waals surface area contributed by atoms with Crippen molar-refractivity contribution in [3.63, 3.8) is 0 Å². The lowest BCUT2D eigenvalue weighted by Crippen LogP contribution is -2.58. The number of guanidine groups is 2. The number of carbonyl (C=O) groups excluding carboxylic acids is 3. The highest BCUT2D eigenvalue weighted by Gasteiger charge is 2.30. The van der Waals surface area contributed by atoms with Crippen molar-refractivity contribution >= 4 is 35.6 Å². The zero-order chi connectivity index (χ0) is 28.5. The van der Waals surface area contributed by atoms with Crippen LogP contribution in [0.15, 0.2) is 9.98 Å². The van der Waals surface area contributed by atoms with Crippen molar-refractivity contribution in [3.8, 4) is 0 Å². The van der Waals surface area contributed by atoms with Crippen LogP contribution in [-0.4, -0.2) is 89.7 Å². The number of nitrogens with one attached hydrogen (secondary N) is 3. The summed E-state index contributed by atoms with van der Waals surface area (Å²) in [7, 11) is 0. The number of carboxylic acids is 1. The van der Waals surface area contributed by atoms with Crippen molar-refractivity contribution in [1.29, 1.82) is 0 Å². The number of aliphatic hydroxyl groups is 1. The van der Waals surface area contributed by atoms with Crippen LogP contribution >= 0.6 is 0 Å². The molecule has 0 heterocycles. The fourth-order valence-electron chi connectivity index (χ4n) is 3.05. The van der Waals surface area contributed by atoms with Gasteiger partial charge in [0.25, 0.3) is 0 Å². The Morgan fingerprint density at radius 2 is 1.22 bits per heavy atom. The number of hydrogen-bond donors (Lipinski definition) is 10. The minimum atomic E-state index is -1.48. The maximum atomic E-state index is 12.9. The number of rotatable bonds is 18. The maximum Gasteiger partial charge on any atom is 0.326 e. The van der Waals surface area contributed by atoms with Gasteiger partial charge in [-0.05, 0) is 31.6 Å².